The van der Waals surface area contributed by atoms with E-state index in [1.807, 2.05) is 0 Å². The maximum atomic E-state index is 11.5. The number of aliphatic hydroxyl groups excluding tert-OH is 1. The van der Waals surface area contributed by atoms with Crippen LogP contribution in [0.2, 0.25) is 0 Å². The lowest BCUT2D eigenvalue weighted by Crippen LogP contribution is -2.35. The number of carboxylic acid groups (broad SMARTS) is 1. The predicted octanol–water partition coefficient (Wildman–Crippen LogP) is 0.856. The summed E-state index contributed by atoms with van der Waals surface area (Å²) in [5.74, 6) is -1.20. The molecule has 0 radical (unpaired) electrons. The van der Waals surface area contributed by atoms with Gasteiger partial charge in [0.05, 0.1) is 6.04 Å². The van der Waals surface area contributed by atoms with E-state index in [0.717, 1.165) is 0 Å². The number of allylic oxidation sites excluding steroid dienone is 1. The number of hydrogen-bond acceptors (Lipinski definition) is 4. The molecule has 2 rings (SSSR count). The van der Waals surface area contributed by atoms with Gasteiger partial charge in [-0.1, -0.05) is 6.08 Å². The van der Waals surface area contributed by atoms with Crippen LogP contribution in [0.1, 0.15) is 6.92 Å². The summed E-state index contributed by atoms with van der Waals surface area (Å²) in [6.45, 7) is 1.28. The van der Waals surface area contributed by atoms with Crippen LogP contribution in [0.15, 0.2) is 35.8 Å². The third-order valence-electron chi connectivity index (χ3n) is 2.95. The highest BCUT2D eigenvalue weighted by atomic mass is 16.4. The molecule has 0 fully saturated rings. The topological polar surface area (TPSA) is 77.8 Å². The van der Waals surface area contributed by atoms with E-state index in [-0.39, 0.29) is 30.0 Å². The third kappa shape index (κ3) is 2.08. The molecule has 1 aliphatic heterocycles. The van der Waals surface area contributed by atoms with Crippen molar-refractivity contribution in [2.45, 2.75) is 13.0 Å². The fraction of sp³-hybridized carbons (Fsp3) is 0.333. The van der Waals surface area contributed by atoms with E-state index >= 15 is 0 Å². The summed E-state index contributed by atoms with van der Waals surface area (Å²) >= 11 is 0. The van der Waals surface area contributed by atoms with Crippen LogP contribution >= 0.6 is 0 Å². The monoisotopic (exact) mass is 235 g/mol. The standard InChI is InChI=1S/C12H13NO4/c1-7(14)10-5-13(6-12(16)17)11-3-2-8(15)4-9(10)11/h2-5,9,11,15H,6H2,1H3,(H,16,17). The van der Waals surface area contributed by atoms with Crippen LogP contribution in [-0.4, -0.2) is 39.5 Å². The lowest BCUT2D eigenvalue weighted by atomic mass is 9.89. The highest BCUT2D eigenvalue weighted by molar-refractivity contribution is 5.95. The smallest absolute Gasteiger partial charge is 0.323 e. The van der Waals surface area contributed by atoms with Gasteiger partial charge in [0, 0.05) is 17.7 Å². The third-order valence-corrected chi connectivity index (χ3v) is 2.95. The van der Waals surface area contributed by atoms with E-state index in [9.17, 15) is 14.7 Å². The van der Waals surface area contributed by atoms with Crippen molar-refractivity contribution >= 4 is 11.8 Å². The Morgan fingerprint density at radius 1 is 1.47 bits per heavy atom. The van der Waals surface area contributed by atoms with Gasteiger partial charge in [-0.2, -0.15) is 0 Å². The first-order valence-electron chi connectivity index (χ1n) is 5.28. The maximum absolute atomic E-state index is 11.5. The van der Waals surface area contributed by atoms with Gasteiger partial charge < -0.3 is 15.1 Å². The number of carboxylic acids is 1. The zero-order valence-corrected chi connectivity index (χ0v) is 9.33. The minimum Gasteiger partial charge on any atom is -0.508 e. The minimum atomic E-state index is -0.947. The van der Waals surface area contributed by atoms with E-state index < -0.39 is 5.97 Å². The largest absolute Gasteiger partial charge is 0.508 e. The van der Waals surface area contributed by atoms with Crippen LogP contribution in [0.25, 0.3) is 0 Å². The Hall–Kier alpha value is -2.04. The lowest BCUT2D eigenvalue weighted by molar-refractivity contribution is -0.137. The number of carbonyl (C=O) groups is 2. The number of fused-ring (bicyclic) bond motifs is 1. The normalized spacial score (nSPS) is 26.3. The van der Waals surface area contributed by atoms with Gasteiger partial charge in [-0.25, -0.2) is 0 Å². The number of nitrogens with zero attached hydrogens (tertiary/aromatic N) is 1. The van der Waals surface area contributed by atoms with Gasteiger partial charge in [-0.3, -0.25) is 9.59 Å². The minimum absolute atomic E-state index is 0.104. The molecule has 0 spiro atoms. The van der Waals surface area contributed by atoms with Gasteiger partial charge in [-0.05, 0) is 19.1 Å². The molecule has 0 bridgehead atoms. The quantitative estimate of drug-likeness (QED) is 0.758. The van der Waals surface area contributed by atoms with Gasteiger partial charge in [-0.15, -0.1) is 0 Å². The zero-order valence-electron chi connectivity index (χ0n) is 9.33. The highest BCUT2D eigenvalue weighted by Crippen LogP contribution is 2.34. The van der Waals surface area contributed by atoms with E-state index in [4.69, 9.17) is 5.11 Å². The predicted molar refractivity (Wildman–Crippen MR) is 60.2 cm³/mol. The molecule has 0 amide bonds. The van der Waals surface area contributed by atoms with Crippen LogP contribution < -0.4 is 0 Å². The average Bonchev–Trinajstić information content (AvgIpc) is 2.55. The van der Waals surface area contributed by atoms with Gasteiger partial charge in [0.1, 0.15) is 12.3 Å². The molecule has 0 aromatic heterocycles. The van der Waals surface area contributed by atoms with Crippen molar-refractivity contribution in [3.05, 3.63) is 35.8 Å². The van der Waals surface area contributed by atoms with Crippen LogP contribution in [0.4, 0.5) is 0 Å². The Morgan fingerprint density at radius 3 is 2.76 bits per heavy atom. The molecule has 90 valence electrons. The number of aliphatic carboxylic acids is 1. The van der Waals surface area contributed by atoms with E-state index in [0.29, 0.717) is 5.57 Å². The summed E-state index contributed by atoms with van der Waals surface area (Å²) in [5.41, 5.74) is 0.534. The van der Waals surface area contributed by atoms with E-state index in [1.165, 1.54) is 13.0 Å². The molecule has 0 aromatic carbocycles. The van der Waals surface area contributed by atoms with Crippen LogP contribution in [0.3, 0.4) is 0 Å². The summed E-state index contributed by atoms with van der Waals surface area (Å²) in [4.78, 5) is 23.8. The molecule has 0 saturated carbocycles. The number of aliphatic hydroxyl groups is 1. The zero-order chi connectivity index (χ0) is 12.6. The maximum Gasteiger partial charge on any atom is 0.323 e. The first-order chi connectivity index (χ1) is 7.99. The van der Waals surface area contributed by atoms with Crippen molar-refractivity contribution in [1.29, 1.82) is 0 Å². The van der Waals surface area contributed by atoms with Crippen molar-refractivity contribution in [3.63, 3.8) is 0 Å². The molecular formula is C12H13NO4. The van der Waals surface area contributed by atoms with Gasteiger partial charge in [0.15, 0.2) is 5.78 Å². The number of hydrogen-bond donors (Lipinski definition) is 2. The van der Waals surface area contributed by atoms with Crippen LogP contribution in [-0.2, 0) is 9.59 Å². The lowest BCUT2D eigenvalue weighted by Gasteiger charge is -2.26. The summed E-state index contributed by atoms with van der Waals surface area (Å²) in [5, 5.41) is 18.2. The van der Waals surface area contributed by atoms with Gasteiger partial charge in [0.25, 0.3) is 0 Å². The summed E-state index contributed by atoms with van der Waals surface area (Å²) < 4.78 is 0. The summed E-state index contributed by atoms with van der Waals surface area (Å²) in [6, 6.07) is -0.194. The average molecular weight is 235 g/mol. The molecule has 1 aliphatic carbocycles. The molecule has 2 aliphatic rings. The first kappa shape index (κ1) is 11.4. The second kappa shape index (κ2) is 4.08. The fourth-order valence-electron chi connectivity index (χ4n) is 2.23. The molecular weight excluding hydrogens is 222 g/mol. The fourth-order valence-corrected chi connectivity index (χ4v) is 2.23. The first-order valence-corrected chi connectivity index (χ1v) is 5.28. The summed E-state index contributed by atoms with van der Waals surface area (Å²) in [6.07, 6.45) is 6.40. The number of rotatable bonds is 3. The Bertz CT molecular complexity index is 461. The van der Waals surface area contributed by atoms with Crippen molar-refractivity contribution in [1.82, 2.24) is 4.90 Å². The van der Waals surface area contributed by atoms with Gasteiger partial charge >= 0.3 is 5.97 Å². The van der Waals surface area contributed by atoms with E-state index in [2.05, 4.69) is 0 Å². The molecule has 1 heterocycles. The molecule has 17 heavy (non-hydrogen) atoms. The van der Waals surface area contributed by atoms with Crippen LogP contribution in [0, 0.1) is 5.92 Å². The number of carbonyl (C=O) groups excluding carboxylic acids is 1. The Morgan fingerprint density at radius 2 is 2.18 bits per heavy atom. The van der Waals surface area contributed by atoms with Crippen molar-refractivity contribution in [2.24, 2.45) is 5.92 Å². The second-order valence-corrected chi connectivity index (χ2v) is 4.17. The number of Topliss-reactive ketones (excluding diaryl/α,β-unsaturated/α-hetero) is 1. The highest BCUT2D eigenvalue weighted by Gasteiger charge is 2.36. The second-order valence-electron chi connectivity index (χ2n) is 4.17. The molecule has 2 atom stereocenters. The van der Waals surface area contributed by atoms with Crippen molar-refractivity contribution < 1.29 is 19.8 Å². The van der Waals surface area contributed by atoms with Crippen LogP contribution in [0.5, 0.6) is 0 Å². The Labute approximate surface area is 98.3 Å². The van der Waals surface area contributed by atoms with Gasteiger partial charge in [0.2, 0.25) is 0 Å². The molecule has 0 aromatic rings. The molecule has 5 nitrogen and oxygen atoms in total. The number of ketones is 1. The molecule has 2 N–H and O–H groups in total. The Kier molecular flexibility index (Phi) is 2.75. The van der Waals surface area contributed by atoms with E-state index in [1.54, 1.807) is 23.3 Å². The molecule has 5 heteroatoms. The SMILES string of the molecule is CC(=O)C1=CN(CC(=O)O)C2C=CC(O)=CC12. The van der Waals surface area contributed by atoms with Crippen molar-refractivity contribution in [2.75, 3.05) is 6.54 Å². The molecule has 2 unspecified atom stereocenters. The van der Waals surface area contributed by atoms with Crippen molar-refractivity contribution in [3.8, 4) is 0 Å². The molecule has 0 saturated heterocycles. The Balaban J connectivity index is 2.31. The summed E-state index contributed by atoms with van der Waals surface area (Å²) in [7, 11) is 0.